The second kappa shape index (κ2) is 3.01. The van der Waals surface area contributed by atoms with Crippen molar-refractivity contribution in [1.82, 2.24) is 0 Å². The minimum atomic E-state index is -0.371. The molecule has 0 aromatic rings. The van der Waals surface area contributed by atoms with Gasteiger partial charge in [0.2, 0.25) is 5.91 Å². The SMILES string of the molecule is CC1=CCC2C(=C1)OC(C)=C2C(N)=O. The molecule has 0 radical (unpaired) electrons. The summed E-state index contributed by atoms with van der Waals surface area (Å²) < 4.78 is 5.51. The zero-order chi connectivity index (χ0) is 10.3. The first kappa shape index (κ1) is 9.06. The maximum atomic E-state index is 11.2. The van der Waals surface area contributed by atoms with Gasteiger partial charge in [0.05, 0.1) is 11.5 Å². The van der Waals surface area contributed by atoms with Gasteiger partial charge in [-0.25, -0.2) is 0 Å². The largest absolute Gasteiger partial charge is 0.465 e. The van der Waals surface area contributed by atoms with E-state index in [0.717, 1.165) is 12.2 Å². The molecule has 1 atom stereocenters. The van der Waals surface area contributed by atoms with Crippen molar-refractivity contribution in [3.63, 3.8) is 0 Å². The Morgan fingerprint density at radius 2 is 2.29 bits per heavy atom. The van der Waals surface area contributed by atoms with Crippen molar-refractivity contribution in [2.45, 2.75) is 20.3 Å². The highest BCUT2D eigenvalue weighted by Crippen LogP contribution is 2.39. The van der Waals surface area contributed by atoms with Crippen LogP contribution in [0.5, 0.6) is 0 Å². The first-order valence-corrected chi connectivity index (χ1v) is 4.66. The maximum Gasteiger partial charge on any atom is 0.248 e. The second-order valence-electron chi connectivity index (χ2n) is 3.72. The standard InChI is InChI=1S/C11H13NO2/c1-6-3-4-8-9(5-6)14-7(2)10(8)11(12)13/h3,5,8H,4H2,1-2H3,(H2,12,13). The molecule has 2 N–H and O–H groups in total. The van der Waals surface area contributed by atoms with Crippen molar-refractivity contribution < 1.29 is 9.53 Å². The lowest BCUT2D eigenvalue weighted by Crippen LogP contribution is -2.20. The topological polar surface area (TPSA) is 52.3 Å². The number of fused-ring (bicyclic) bond motifs is 1. The van der Waals surface area contributed by atoms with E-state index in [9.17, 15) is 4.79 Å². The highest BCUT2D eigenvalue weighted by atomic mass is 16.5. The first-order chi connectivity index (χ1) is 6.59. The predicted octanol–water partition coefficient (Wildman–Crippen LogP) is 1.63. The van der Waals surface area contributed by atoms with E-state index < -0.39 is 0 Å². The van der Waals surface area contributed by atoms with Crippen molar-refractivity contribution >= 4 is 5.91 Å². The fourth-order valence-corrected chi connectivity index (χ4v) is 1.99. The number of carbonyl (C=O) groups is 1. The number of nitrogens with two attached hydrogens (primary N) is 1. The summed E-state index contributed by atoms with van der Waals surface area (Å²) in [6.07, 6.45) is 4.87. The summed E-state index contributed by atoms with van der Waals surface area (Å²) in [6, 6.07) is 0. The van der Waals surface area contributed by atoms with Crippen LogP contribution in [0.2, 0.25) is 0 Å². The van der Waals surface area contributed by atoms with Crippen LogP contribution in [0.25, 0.3) is 0 Å². The van der Waals surface area contributed by atoms with Crippen LogP contribution < -0.4 is 5.73 Å². The van der Waals surface area contributed by atoms with Crippen LogP contribution in [0.3, 0.4) is 0 Å². The van der Waals surface area contributed by atoms with Crippen molar-refractivity contribution in [3.05, 3.63) is 34.8 Å². The van der Waals surface area contributed by atoms with Crippen LogP contribution in [0.4, 0.5) is 0 Å². The second-order valence-corrected chi connectivity index (χ2v) is 3.72. The van der Waals surface area contributed by atoms with Crippen molar-refractivity contribution in [1.29, 1.82) is 0 Å². The van der Waals surface area contributed by atoms with E-state index in [-0.39, 0.29) is 11.8 Å². The van der Waals surface area contributed by atoms with Gasteiger partial charge in [-0.1, -0.05) is 11.6 Å². The normalized spacial score (nSPS) is 25.1. The Balaban J connectivity index is 2.36. The van der Waals surface area contributed by atoms with Gasteiger partial charge in [0, 0.05) is 0 Å². The number of hydrogen-bond acceptors (Lipinski definition) is 2. The van der Waals surface area contributed by atoms with Crippen molar-refractivity contribution in [2.75, 3.05) is 0 Å². The number of primary amides is 1. The molecule has 3 heteroatoms. The predicted molar refractivity (Wildman–Crippen MR) is 52.9 cm³/mol. The third-order valence-corrected chi connectivity index (χ3v) is 2.65. The Bertz CT molecular complexity index is 388. The molecule has 0 aromatic carbocycles. The number of carbonyl (C=O) groups excluding carboxylic acids is 1. The lowest BCUT2D eigenvalue weighted by Gasteiger charge is -2.15. The van der Waals surface area contributed by atoms with Crippen LogP contribution in [-0.2, 0) is 9.53 Å². The summed E-state index contributed by atoms with van der Waals surface area (Å²) in [7, 11) is 0. The summed E-state index contributed by atoms with van der Waals surface area (Å²) >= 11 is 0. The molecule has 0 saturated heterocycles. The molecule has 14 heavy (non-hydrogen) atoms. The summed E-state index contributed by atoms with van der Waals surface area (Å²) in [5, 5.41) is 0. The lowest BCUT2D eigenvalue weighted by molar-refractivity contribution is -0.115. The van der Waals surface area contributed by atoms with E-state index in [1.54, 1.807) is 6.92 Å². The minimum absolute atomic E-state index is 0.0520. The molecule has 3 nitrogen and oxygen atoms in total. The third kappa shape index (κ3) is 1.25. The molecule has 1 aliphatic carbocycles. The van der Waals surface area contributed by atoms with E-state index in [4.69, 9.17) is 10.5 Å². The van der Waals surface area contributed by atoms with Gasteiger partial charge in [-0.2, -0.15) is 0 Å². The van der Waals surface area contributed by atoms with Crippen LogP contribution in [-0.4, -0.2) is 5.91 Å². The molecule has 0 aromatic heterocycles. The molecule has 74 valence electrons. The van der Waals surface area contributed by atoms with E-state index in [2.05, 4.69) is 6.08 Å². The van der Waals surface area contributed by atoms with Crippen molar-refractivity contribution in [2.24, 2.45) is 11.7 Å². The zero-order valence-electron chi connectivity index (χ0n) is 8.33. The van der Waals surface area contributed by atoms with Gasteiger partial charge in [0.25, 0.3) is 0 Å². The Hall–Kier alpha value is -1.51. The molecule has 0 fully saturated rings. The maximum absolute atomic E-state index is 11.2. The smallest absolute Gasteiger partial charge is 0.248 e. The molecule has 0 bridgehead atoms. The first-order valence-electron chi connectivity index (χ1n) is 4.66. The molecule has 1 unspecified atom stereocenters. The molecular weight excluding hydrogens is 178 g/mol. The molecule has 2 rings (SSSR count). The van der Waals surface area contributed by atoms with Gasteiger partial charge >= 0.3 is 0 Å². The van der Waals surface area contributed by atoms with E-state index in [1.165, 1.54) is 5.57 Å². The summed E-state index contributed by atoms with van der Waals surface area (Å²) in [4.78, 5) is 11.2. The number of amides is 1. The van der Waals surface area contributed by atoms with E-state index in [1.807, 2.05) is 13.0 Å². The fourth-order valence-electron chi connectivity index (χ4n) is 1.99. The Morgan fingerprint density at radius 1 is 1.57 bits per heavy atom. The number of rotatable bonds is 1. The molecule has 2 aliphatic rings. The van der Waals surface area contributed by atoms with Gasteiger partial charge in [-0.15, -0.1) is 0 Å². The number of hydrogen-bond donors (Lipinski definition) is 1. The highest BCUT2D eigenvalue weighted by molar-refractivity contribution is 5.94. The lowest BCUT2D eigenvalue weighted by atomic mass is 9.89. The third-order valence-electron chi connectivity index (χ3n) is 2.65. The molecule has 1 aliphatic heterocycles. The summed E-state index contributed by atoms with van der Waals surface area (Å²) in [6.45, 7) is 3.80. The van der Waals surface area contributed by atoms with Crippen LogP contribution >= 0.6 is 0 Å². The Morgan fingerprint density at radius 3 is 2.93 bits per heavy atom. The van der Waals surface area contributed by atoms with Crippen molar-refractivity contribution in [3.8, 4) is 0 Å². The molecule has 0 saturated carbocycles. The Labute approximate surface area is 82.9 Å². The molecule has 0 spiro atoms. The highest BCUT2D eigenvalue weighted by Gasteiger charge is 2.34. The van der Waals surface area contributed by atoms with Crippen LogP contribution in [0.15, 0.2) is 34.8 Å². The quantitative estimate of drug-likeness (QED) is 0.684. The fraction of sp³-hybridized carbons (Fsp3) is 0.364. The molecule has 1 amide bonds. The molecule has 1 heterocycles. The average Bonchev–Trinajstić information content (AvgIpc) is 2.39. The number of allylic oxidation sites excluding steroid dienone is 5. The van der Waals surface area contributed by atoms with E-state index in [0.29, 0.717) is 11.3 Å². The van der Waals surface area contributed by atoms with E-state index >= 15 is 0 Å². The summed E-state index contributed by atoms with van der Waals surface area (Å²) in [5.74, 6) is 1.19. The average molecular weight is 191 g/mol. The Kier molecular flexibility index (Phi) is 1.95. The zero-order valence-corrected chi connectivity index (χ0v) is 8.33. The van der Waals surface area contributed by atoms with Gasteiger partial charge in [0.15, 0.2) is 0 Å². The van der Waals surface area contributed by atoms with Crippen LogP contribution in [0, 0.1) is 5.92 Å². The van der Waals surface area contributed by atoms with Gasteiger partial charge in [0.1, 0.15) is 11.5 Å². The van der Waals surface area contributed by atoms with Gasteiger partial charge < -0.3 is 10.5 Å². The number of ether oxygens (including phenoxy) is 1. The van der Waals surface area contributed by atoms with Gasteiger partial charge in [-0.3, -0.25) is 4.79 Å². The molecular formula is C11H13NO2. The summed E-state index contributed by atoms with van der Waals surface area (Å²) in [5.41, 5.74) is 7.11. The minimum Gasteiger partial charge on any atom is -0.465 e. The van der Waals surface area contributed by atoms with Crippen LogP contribution in [0.1, 0.15) is 20.3 Å². The van der Waals surface area contributed by atoms with Gasteiger partial charge in [-0.05, 0) is 26.3 Å². The monoisotopic (exact) mass is 191 g/mol.